The van der Waals surface area contributed by atoms with Crippen LogP contribution in [-0.2, 0) is 14.3 Å². The molecule has 1 aliphatic rings. The molecule has 1 fully saturated rings. The summed E-state index contributed by atoms with van der Waals surface area (Å²) < 4.78 is 6.51. The Bertz CT molecular complexity index is 513. The molecule has 0 saturated carbocycles. The molecule has 5 nitrogen and oxygen atoms in total. The minimum Gasteiger partial charge on any atom is -0.376 e. The number of ether oxygens (including phenoxy) is 1. The topological polar surface area (TPSA) is 58.6 Å². The van der Waals surface area contributed by atoms with Crippen LogP contribution < -0.4 is 5.32 Å². The Morgan fingerprint density at radius 3 is 2.68 bits per heavy atom. The molecule has 1 N–H and O–H groups in total. The van der Waals surface area contributed by atoms with Gasteiger partial charge in [-0.2, -0.15) is 0 Å². The largest absolute Gasteiger partial charge is 0.376 e. The fourth-order valence-corrected chi connectivity index (χ4v) is 2.67. The van der Waals surface area contributed by atoms with Gasteiger partial charge in [0.25, 0.3) is 0 Å². The highest BCUT2D eigenvalue weighted by Gasteiger charge is 2.21. The first-order valence-electron chi connectivity index (χ1n) is 7.47. The van der Waals surface area contributed by atoms with E-state index in [1.54, 1.807) is 4.90 Å². The van der Waals surface area contributed by atoms with Crippen molar-refractivity contribution in [2.75, 3.05) is 25.0 Å². The van der Waals surface area contributed by atoms with Gasteiger partial charge < -0.3 is 15.0 Å². The van der Waals surface area contributed by atoms with E-state index in [1.807, 2.05) is 24.3 Å². The number of hydrogen-bond acceptors (Lipinski definition) is 3. The molecule has 22 heavy (non-hydrogen) atoms. The minimum atomic E-state index is -0.0964. The zero-order valence-corrected chi connectivity index (χ0v) is 14.3. The van der Waals surface area contributed by atoms with E-state index in [0.29, 0.717) is 13.1 Å². The number of nitrogens with zero attached hydrogens (tertiary/aromatic N) is 1. The molecule has 2 rings (SSSR count). The van der Waals surface area contributed by atoms with E-state index in [4.69, 9.17) is 4.74 Å². The van der Waals surface area contributed by atoms with Crippen LogP contribution in [-0.4, -0.2) is 42.5 Å². The van der Waals surface area contributed by atoms with Crippen LogP contribution in [0.2, 0.25) is 0 Å². The zero-order valence-electron chi connectivity index (χ0n) is 12.7. The Morgan fingerprint density at radius 1 is 1.36 bits per heavy atom. The summed E-state index contributed by atoms with van der Waals surface area (Å²) in [5.74, 6) is -0.118. The molecule has 1 heterocycles. The number of carbonyl (C=O) groups is 2. The normalized spacial score (nSPS) is 17.3. The minimum absolute atomic E-state index is 0.0214. The Morgan fingerprint density at radius 2 is 2.09 bits per heavy atom. The van der Waals surface area contributed by atoms with E-state index in [9.17, 15) is 9.59 Å². The maximum absolute atomic E-state index is 12.0. The number of anilines is 1. The molecule has 1 aromatic carbocycles. The Balaban J connectivity index is 1.79. The zero-order chi connectivity index (χ0) is 15.9. The number of carbonyl (C=O) groups excluding carboxylic acids is 2. The highest BCUT2D eigenvalue weighted by Crippen LogP contribution is 2.15. The summed E-state index contributed by atoms with van der Waals surface area (Å²) in [5.41, 5.74) is 0.752. The van der Waals surface area contributed by atoms with Gasteiger partial charge in [-0.3, -0.25) is 9.59 Å². The third-order valence-electron chi connectivity index (χ3n) is 3.63. The van der Waals surface area contributed by atoms with E-state index in [-0.39, 0.29) is 24.3 Å². The molecule has 0 spiro atoms. The standard InChI is InChI=1S/C16H21BrN2O3/c1-12(20)19(11-15-3-2-10-22-15)9-8-16(21)18-14-6-4-13(17)5-7-14/h4-7,15H,2-3,8-11H2,1H3,(H,18,21). The summed E-state index contributed by atoms with van der Waals surface area (Å²) in [4.78, 5) is 25.3. The monoisotopic (exact) mass is 368 g/mol. The summed E-state index contributed by atoms with van der Waals surface area (Å²) in [6, 6.07) is 7.40. The van der Waals surface area contributed by atoms with Crippen LogP contribution in [0.3, 0.4) is 0 Å². The number of halogens is 1. The molecular formula is C16H21BrN2O3. The third-order valence-corrected chi connectivity index (χ3v) is 4.16. The summed E-state index contributed by atoms with van der Waals surface area (Å²) >= 11 is 3.35. The lowest BCUT2D eigenvalue weighted by atomic mass is 10.2. The molecule has 0 radical (unpaired) electrons. The molecule has 1 unspecified atom stereocenters. The summed E-state index contributed by atoms with van der Waals surface area (Å²) in [6.07, 6.45) is 2.41. The van der Waals surface area contributed by atoms with Gasteiger partial charge in [0.1, 0.15) is 0 Å². The van der Waals surface area contributed by atoms with Gasteiger partial charge in [0.15, 0.2) is 0 Å². The SMILES string of the molecule is CC(=O)N(CCC(=O)Nc1ccc(Br)cc1)CC1CCCO1. The van der Waals surface area contributed by atoms with Crippen molar-refractivity contribution < 1.29 is 14.3 Å². The van der Waals surface area contributed by atoms with Gasteiger partial charge >= 0.3 is 0 Å². The fraction of sp³-hybridized carbons (Fsp3) is 0.500. The highest BCUT2D eigenvalue weighted by molar-refractivity contribution is 9.10. The Kier molecular flexibility index (Phi) is 6.39. The van der Waals surface area contributed by atoms with Crippen molar-refractivity contribution in [2.24, 2.45) is 0 Å². The predicted octanol–water partition coefficient (Wildman–Crippen LogP) is 2.81. The summed E-state index contributed by atoms with van der Waals surface area (Å²) in [6.45, 7) is 3.28. The second-order valence-electron chi connectivity index (χ2n) is 5.41. The second-order valence-corrected chi connectivity index (χ2v) is 6.32. The van der Waals surface area contributed by atoms with Gasteiger partial charge in [-0.1, -0.05) is 15.9 Å². The molecule has 0 aliphatic carbocycles. The molecular weight excluding hydrogens is 348 g/mol. The van der Waals surface area contributed by atoms with Crippen molar-refractivity contribution in [3.8, 4) is 0 Å². The van der Waals surface area contributed by atoms with Crippen LogP contribution in [0.15, 0.2) is 28.7 Å². The average molecular weight is 369 g/mol. The quantitative estimate of drug-likeness (QED) is 0.839. The number of rotatable bonds is 6. The first-order valence-corrected chi connectivity index (χ1v) is 8.26. The van der Waals surface area contributed by atoms with E-state index in [0.717, 1.165) is 29.6 Å². The predicted molar refractivity (Wildman–Crippen MR) is 88.6 cm³/mol. The second kappa shape index (κ2) is 8.29. The number of amides is 2. The molecule has 1 atom stereocenters. The number of benzene rings is 1. The third kappa shape index (κ3) is 5.42. The fourth-order valence-electron chi connectivity index (χ4n) is 2.40. The lowest BCUT2D eigenvalue weighted by Crippen LogP contribution is -2.37. The van der Waals surface area contributed by atoms with E-state index in [1.165, 1.54) is 6.92 Å². The molecule has 6 heteroatoms. The lowest BCUT2D eigenvalue weighted by molar-refractivity contribution is -0.130. The number of hydrogen-bond donors (Lipinski definition) is 1. The lowest BCUT2D eigenvalue weighted by Gasteiger charge is -2.23. The first kappa shape index (κ1) is 17.0. The van der Waals surface area contributed by atoms with Gasteiger partial charge in [-0.05, 0) is 37.1 Å². The van der Waals surface area contributed by atoms with Crippen molar-refractivity contribution in [2.45, 2.75) is 32.3 Å². The van der Waals surface area contributed by atoms with Gasteiger partial charge in [0.05, 0.1) is 6.10 Å². The summed E-state index contributed by atoms with van der Waals surface area (Å²) in [7, 11) is 0. The average Bonchev–Trinajstić information content (AvgIpc) is 2.98. The van der Waals surface area contributed by atoms with Gasteiger partial charge in [-0.25, -0.2) is 0 Å². The molecule has 2 amide bonds. The smallest absolute Gasteiger partial charge is 0.226 e. The van der Waals surface area contributed by atoms with Crippen molar-refractivity contribution in [1.29, 1.82) is 0 Å². The Hall–Kier alpha value is -1.40. The molecule has 0 aromatic heterocycles. The Labute approximate surface area is 139 Å². The molecule has 1 aliphatic heterocycles. The van der Waals surface area contributed by atoms with Crippen molar-refractivity contribution in [3.05, 3.63) is 28.7 Å². The van der Waals surface area contributed by atoms with Gasteiger partial charge in [-0.15, -0.1) is 0 Å². The molecule has 120 valence electrons. The number of nitrogens with one attached hydrogen (secondary N) is 1. The van der Waals surface area contributed by atoms with Crippen LogP contribution in [0.25, 0.3) is 0 Å². The van der Waals surface area contributed by atoms with E-state index < -0.39 is 0 Å². The van der Waals surface area contributed by atoms with Crippen molar-refractivity contribution in [3.63, 3.8) is 0 Å². The van der Waals surface area contributed by atoms with Crippen LogP contribution in [0.5, 0.6) is 0 Å². The first-order chi connectivity index (χ1) is 10.5. The summed E-state index contributed by atoms with van der Waals surface area (Å²) in [5, 5.41) is 2.83. The molecule has 1 saturated heterocycles. The molecule has 1 aromatic rings. The molecule has 0 bridgehead atoms. The van der Waals surface area contributed by atoms with Crippen molar-refractivity contribution in [1.82, 2.24) is 4.90 Å². The van der Waals surface area contributed by atoms with Gasteiger partial charge in [0.2, 0.25) is 11.8 Å². The van der Waals surface area contributed by atoms with Crippen LogP contribution >= 0.6 is 15.9 Å². The van der Waals surface area contributed by atoms with Gasteiger partial charge in [0, 0.05) is 43.2 Å². The van der Waals surface area contributed by atoms with E-state index in [2.05, 4.69) is 21.2 Å². The van der Waals surface area contributed by atoms with Crippen molar-refractivity contribution >= 4 is 33.4 Å². The maximum atomic E-state index is 12.0. The van der Waals surface area contributed by atoms with Crippen LogP contribution in [0.1, 0.15) is 26.2 Å². The van der Waals surface area contributed by atoms with Crippen LogP contribution in [0.4, 0.5) is 5.69 Å². The maximum Gasteiger partial charge on any atom is 0.226 e. The highest BCUT2D eigenvalue weighted by atomic mass is 79.9. The van der Waals surface area contributed by atoms with E-state index >= 15 is 0 Å². The van der Waals surface area contributed by atoms with Crippen LogP contribution in [0, 0.1) is 0 Å².